The van der Waals surface area contributed by atoms with Crippen molar-refractivity contribution >= 4 is 6.29 Å². The van der Waals surface area contributed by atoms with Crippen LogP contribution < -0.4 is 9.47 Å². The summed E-state index contributed by atoms with van der Waals surface area (Å²) in [4.78, 5) is 11.0. The Morgan fingerprint density at radius 3 is 2.53 bits per heavy atom. The summed E-state index contributed by atoms with van der Waals surface area (Å²) in [7, 11) is 3.08. The van der Waals surface area contributed by atoms with Crippen LogP contribution in [0.4, 0.5) is 0 Å². The number of hydrogen-bond donors (Lipinski definition) is 1. The van der Waals surface area contributed by atoms with Crippen LogP contribution in [0.3, 0.4) is 0 Å². The van der Waals surface area contributed by atoms with Gasteiger partial charge >= 0.3 is 0 Å². The lowest BCUT2D eigenvalue weighted by Crippen LogP contribution is -1.95. The molecule has 0 saturated carbocycles. The van der Waals surface area contributed by atoms with Gasteiger partial charge in [-0.05, 0) is 6.07 Å². The van der Waals surface area contributed by atoms with Gasteiger partial charge in [0.2, 0.25) is 0 Å². The average Bonchev–Trinajstić information content (AvgIpc) is 2.90. The van der Waals surface area contributed by atoms with Crippen LogP contribution in [0.25, 0.3) is 11.1 Å². The van der Waals surface area contributed by atoms with Crippen LogP contribution in [-0.4, -0.2) is 30.7 Å². The SMILES string of the molecule is COc1cc(OC)c(-c2cn[nH]c2)cc1C=O. The summed E-state index contributed by atoms with van der Waals surface area (Å²) in [5.41, 5.74) is 2.13. The Morgan fingerprint density at radius 2 is 2.00 bits per heavy atom. The number of benzene rings is 1. The van der Waals surface area contributed by atoms with E-state index in [0.29, 0.717) is 17.1 Å². The molecule has 0 bridgehead atoms. The summed E-state index contributed by atoms with van der Waals surface area (Å²) >= 11 is 0. The molecule has 0 aliphatic carbocycles. The molecule has 0 fully saturated rings. The fourth-order valence-corrected chi connectivity index (χ4v) is 1.64. The quantitative estimate of drug-likeness (QED) is 0.818. The van der Waals surface area contributed by atoms with E-state index < -0.39 is 0 Å². The van der Waals surface area contributed by atoms with Crippen LogP contribution in [0.2, 0.25) is 0 Å². The maximum atomic E-state index is 11.0. The molecule has 1 N–H and O–H groups in total. The number of aromatic nitrogens is 2. The molecule has 0 atom stereocenters. The van der Waals surface area contributed by atoms with E-state index >= 15 is 0 Å². The van der Waals surface area contributed by atoms with Gasteiger partial charge < -0.3 is 9.47 Å². The van der Waals surface area contributed by atoms with Gasteiger partial charge in [0.1, 0.15) is 11.5 Å². The first-order chi connectivity index (χ1) is 8.30. The van der Waals surface area contributed by atoms with Gasteiger partial charge in [0.15, 0.2) is 6.29 Å². The smallest absolute Gasteiger partial charge is 0.153 e. The molecule has 1 aromatic carbocycles. The number of carbonyl (C=O) groups excluding carboxylic acids is 1. The van der Waals surface area contributed by atoms with Gasteiger partial charge in [0, 0.05) is 23.4 Å². The molecule has 5 nitrogen and oxygen atoms in total. The molecule has 0 aliphatic rings. The fourth-order valence-electron chi connectivity index (χ4n) is 1.64. The number of ether oxygens (including phenoxy) is 2. The number of nitrogens with one attached hydrogen (secondary N) is 1. The summed E-state index contributed by atoms with van der Waals surface area (Å²) in [5, 5.41) is 6.59. The van der Waals surface area contributed by atoms with Crippen molar-refractivity contribution in [3.8, 4) is 22.6 Å². The van der Waals surface area contributed by atoms with Crippen molar-refractivity contribution < 1.29 is 14.3 Å². The predicted molar refractivity (Wildman–Crippen MR) is 62.5 cm³/mol. The molecule has 0 radical (unpaired) electrons. The highest BCUT2D eigenvalue weighted by molar-refractivity contribution is 5.85. The van der Waals surface area contributed by atoms with Crippen molar-refractivity contribution in [3.63, 3.8) is 0 Å². The molecule has 5 heteroatoms. The second kappa shape index (κ2) is 4.69. The van der Waals surface area contributed by atoms with Crippen molar-refractivity contribution in [2.24, 2.45) is 0 Å². The van der Waals surface area contributed by atoms with E-state index in [0.717, 1.165) is 17.4 Å². The summed E-state index contributed by atoms with van der Waals surface area (Å²) in [6.07, 6.45) is 4.15. The average molecular weight is 232 g/mol. The van der Waals surface area contributed by atoms with Crippen LogP contribution in [0.5, 0.6) is 11.5 Å². The maximum Gasteiger partial charge on any atom is 0.153 e. The lowest BCUT2D eigenvalue weighted by atomic mass is 10.0. The molecule has 17 heavy (non-hydrogen) atoms. The van der Waals surface area contributed by atoms with E-state index in [4.69, 9.17) is 9.47 Å². The number of nitrogens with zero attached hydrogens (tertiary/aromatic N) is 1. The molecule has 2 rings (SSSR count). The lowest BCUT2D eigenvalue weighted by Gasteiger charge is -2.11. The van der Waals surface area contributed by atoms with Gasteiger partial charge in [-0.3, -0.25) is 9.89 Å². The third-order valence-corrected chi connectivity index (χ3v) is 2.49. The molecule has 0 aliphatic heterocycles. The third kappa shape index (κ3) is 1.99. The molecule has 1 heterocycles. The van der Waals surface area contributed by atoms with Crippen LogP contribution >= 0.6 is 0 Å². The zero-order valence-electron chi connectivity index (χ0n) is 9.56. The maximum absolute atomic E-state index is 11.0. The first-order valence-corrected chi connectivity index (χ1v) is 5.00. The van der Waals surface area contributed by atoms with E-state index in [1.54, 1.807) is 31.6 Å². The lowest BCUT2D eigenvalue weighted by molar-refractivity contribution is 0.112. The number of H-pyrrole nitrogens is 1. The van der Waals surface area contributed by atoms with Crippen molar-refractivity contribution in [3.05, 3.63) is 30.1 Å². The number of methoxy groups -OCH3 is 2. The van der Waals surface area contributed by atoms with Gasteiger partial charge in [0.25, 0.3) is 0 Å². The van der Waals surface area contributed by atoms with Gasteiger partial charge in [0.05, 0.1) is 26.0 Å². The molecule has 88 valence electrons. The van der Waals surface area contributed by atoms with Crippen LogP contribution in [0.15, 0.2) is 24.5 Å². The van der Waals surface area contributed by atoms with Crippen molar-refractivity contribution in [1.82, 2.24) is 10.2 Å². The Hall–Kier alpha value is -2.30. The van der Waals surface area contributed by atoms with Gasteiger partial charge in [-0.1, -0.05) is 0 Å². The molecular weight excluding hydrogens is 220 g/mol. The van der Waals surface area contributed by atoms with E-state index in [-0.39, 0.29) is 0 Å². The first kappa shape index (κ1) is 11.2. The Morgan fingerprint density at radius 1 is 1.24 bits per heavy atom. The number of carbonyl (C=O) groups is 1. The van der Waals surface area contributed by atoms with E-state index in [1.807, 2.05) is 0 Å². The van der Waals surface area contributed by atoms with Gasteiger partial charge in [-0.15, -0.1) is 0 Å². The van der Waals surface area contributed by atoms with Gasteiger partial charge in [-0.2, -0.15) is 5.10 Å². The largest absolute Gasteiger partial charge is 0.496 e. The fraction of sp³-hybridized carbons (Fsp3) is 0.167. The zero-order chi connectivity index (χ0) is 12.3. The Balaban J connectivity index is 2.62. The zero-order valence-corrected chi connectivity index (χ0v) is 9.56. The Kier molecular flexibility index (Phi) is 3.09. The minimum Gasteiger partial charge on any atom is -0.496 e. The van der Waals surface area contributed by atoms with E-state index in [2.05, 4.69) is 10.2 Å². The number of rotatable bonds is 4. The third-order valence-electron chi connectivity index (χ3n) is 2.49. The normalized spacial score (nSPS) is 10.0. The van der Waals surface area contributed by atoms with Crippen molar-refractivity contribution in [2.75, 3.05) is 14.2 Å². The number of hydrogen-bond acceptors (Lipinski definition) is 4. The molecule has 1 aromatic heterocycles. The van der Waals surface area contributed by atoms with Crippen molar-refractivity contribution in [1.29, 1.82) is 0 Å². The molecule has 0 amide bonds. The highest BCUT2D eigenvalue weighted by atomic mass is 16.5. The van der Waals surface area contributed by atoms with Crippen molar-refractivity contribution in [2.45, 2.75) is 0 Å². The molecule has 0 spiro atoms. The second-order valence-electron chi connectivity index (χ2n) is 3.40. The standard InChI is InChI=1S/C12H12N2O3/c1-16-11-4-12(17-2)10(3-8(11)7-15)9-5-13-14-6-9/h3-7H,1-2H3,(H,13,14). The monoisotopic (exact) mass is 232 g/mol. The number of aromatic amines is 1. The summed E-state index contributed by atoms with van der Waals surface area (Å²) in [6.45, 7) is 0. The summed E-state index contributed by atoms with van der Waals surface area (Å²) in [5.74, 6) is 1.12. The van der Waals surface area contributed by atoms with Gasteiger partial charge in [-0.25, -0.2) is 0 Å². The number of aldehydes is 1. The highest BCUT2D eigenvalue weighted by Gasteiger charge is 2.12. The minimum absolute atomic E-state index is 0.476. The summed E-state index contributed by atoms with van der Waals surface area (Å²) in [6, 6.07) is 3.40. The second-order valence-corrected chi connectivity index (χ2v) is 3.40. The molecular formula is C12H12N2O3. The van der Waals surface area contributed by atoms with Crippen LogP contribution in [0, 0.1) is 0 Å². The topological polar surface area (TPSA) is 64.2 Å². The van der Waals surface area contributed by atoms with Crippen LogP contribution in [0.1, 0.15) is 10.4 Å². The Bertz CT molecular complexity index is 521. The molecule has 0 unspecified atom stereocenters. The van der Waals surface area contributed by atoms with Crippen LogP contribution in [-0.2, 0) is 0 Å². The van der Waals surface area contributed by atoms with E-state index in [9.17, 15) is 4.79 Å². The predicted octanol–water partition coefficient (Wildman–Crippen LogP) is 1.91. The minimum atomic E-state index is 0.476. The molecule has 2 aromatic rings. The summed E-state index contributed by atoms with van der Waals surface area (Å²) < 4.78 is 10.4. The highest BCUT2D eigenvalue weighted by Crippen LogP contribution is 2.34. The molecule has 0 saturated heterocycles. The first-order valence-electron chi connectivity index (χ1n) is 5.00. The Labute approximate surface area is 98.4 Å². The van der Waals surface area contributed by atoms with E-state index in [1.165, 1.54) is 7.11 Å².